The van der Waals surface area contributed by atoms with E-state index in [1.165, 1.54) is 0 Å². The van der Waals surface area contributed by atoms with Crippen LogP contribution in [-0.4, -0.2) is 18.0 Å². The van der Waals surface area contributed by atoms with Crippen LogP contribution in [0.4, 0.5) is 0 Å². The summed E-state index contributed by atoms with van der Waals surface area (Å²) in [6, 6.07) is 14.2. The van der Waals surface area contributed by atoms with E-state index in [1.54, 1.807) is 0 Å². The van der Waals surface area contributed by atoms with Crippen molar-refractivity contribution in [3.05, 3.63) is 53.6 Å². The molecular weight excluding hydrogens is 276 g/mol. The van der Waals surface area contributed by atoms with Crippen molar-refractivity contribution in [2.75, 3.05) is 6.61 Å². The zero-order valence-electron chi connectivity index (χ0n) is 12.9. The van der Waals surface area contributed by atoms with Crippen molar-refractivity contribution in [3.63, 3.8) is 0 Å². The molecule has 0 bridgehead atoms. The first-order valence-electron chi connectivity index (χ1n) is 7.86. The van der Waals surface area contributed by atoms with Gasteiger partial charge in [0.25, 0.3) is 0 Å². The highest BCUT2D eigenvalue weighted by molar-refractivity contribution is 5.70. The molecule has 1 saturated heterocycles. The highest BCUT2D eigenvalue weighted by Crippen LogP contribution is 2.33. The largest absolute Gasteiger partial charge is 0.465 e. The van der Waals surface area contributed by atoms with Crippen molar-refractivity contribution in [1.82, 2.24) is 0 Å². The van der Waals surface area contributed by atoms with Crippen molar-refractivity contribution in [3.8, 4) is 16.9 Å². The van der Waals surface area contributed by atoms with Gasteiger partial charge in [-0.2, -0.15) is 0 Å². The molecule has 0 aromatic heterocycles. The summed E-state index contributed by atoms with van der Waals surface area (Å²) in [6.07, 6.45) is 2.93. The number of hydrogen-bond acceptors (Lipinski definition) is 3. The van der Waals surface area contributed by atoms with Gasteiger partial charge >= 0.3 is 0 Å². The smallest absolute Gasteiger partial charge is 0.199 e. The molecule has 1 fully saturated rings. The topological polar surface area (TPSA) is 38.7 Å². The molecule has 1 N–H and O–H groups in total. The second-order valence-electron chi connectivity index (χ2n) is 5.65. The third-order valence-corrected chi connectivity index (χ3v) is 4.19. The molecule has 0 aliphatic carbocycles. The van der Waals surface area contributed by atoms with Gasteiger partial charge in [0.15, 0.2) is 6.29 Å². The van der Waals surface area contributed by atoms with E-state index < -0.39 is 0 Å². The molecule has 2 aromatic carbocycles. The van der Waals surface area contributed by atoms with Crippen LogP contribution in [0.5, 0.6) is 5.75 Å². The Morgan fingerprint density at radius 1 is 1.14 bits per heavy atom. The van der Waals surface area contributed by atoms with E-state index in [0.29, 0.717) is 0 Å². The fraction of sp³-hybridized carbons (Fsp3) is 0.368. The van der Waals surface area contributed by atoms with Gasteiger partial charge in [0.2, 0.25) is 0 Å². The van der Waals surface area contributed by atoms with Gasteiger partial charge in [-0.1, -0.05) is 36.4 Å². The zero-order chi connectivity index (χ0) is 15.4. The Labute approximate surface area is 131 Å². The second kappa shape index (κ2) is 6.95. The lowest BCUT2D eigenvalue weighted by Crippen LogP contribution is -2.25. The Bertz CT molecular complexity index is 616. The maximum atomic E-state index is 9.78. The number of aliphatic hydroxyl groups excluding tert-OH is 1. The van der Waals surface area contributed by atoms with Crippen molar-refractivity contribution >= 4 is 0 Å². The number of benzene rings is 2. The van der Waals surface area contributed by atoms with Crippen LogP contribution in [-0.2, 0) is 11.3 Å². The van der Waals surface area contributed by atoms with Crippen LogP contribution >= 0.6 is 0 Å². The van der Waals surface area contributed by atoms with Crippen LogP contribution in [0.15, 0.2) is 42.5 Å². The Balaban J connectivity index is 1.90. The molecule has 0 radical (unpaired) electrons. The van der Waals surface area contributed by atoms with Gasteiger partial charge < -0.3 is 14.6 Å². The summed E-state index contributed by atoms with van der Waals surface area (Å²) in [5.74, 6) is 0.728. The molecule has 1 unspecified atom stereocenters. The maximum Gasteiger partial charge on any atom is 0.199 e. The first-order chi connectivity index (χ1) is 10.8. The van der Waals surface area contributed by atoms with Gasteiger partial charge in [0, 0.05) is 12.0 Å². The van der Waals surface area contributed by atoms with Crippen LogP contribution in [0.1, 0.15) is 30.4 Å². The van der Waals surface area contributed by atoms with E-state index in [0.717, 1.165) is 53.9 Å². The fourth-order valence-electron chi connectivity index (χ4n) is 2.92. The molecule has 3 nitrogen and oxygen atoms in total. The average molecular weight is 298 g/mol. The lowest BCUT2D eigenvalue weighted by molar-refractivity contribution is -0.106. The van der Waals surface area contributed by atoms with Crippen LogP contribution in [0.25, 0.3) is 11.1 Å². The molecule has 2 aromatic rings. The lowest BCUT2D eigenvalue weighted by Gasteiger charge is -2.25. The number of rotatable bonds is 4. The minimum atomic E-state index is -0.193. The van der Waals surface area contributed by atoms with Crippen molar-refractivity contribution in [1.29, 1.82) is 0 Å². The van der Waals surface area contributed by atoms with Gasteiger partial charge in [-0.05, 0) is 42.5 Å². The van der Waals surface area contributed by atoms with Crippen LogP contribution in [0, 0.1) is 6.92 Å². The minimum Gasteiger partial charge on any atom is -0.465 e. The summed E-state index contributed by atoms with van der Waals surface area (Å²) in [5.41, 5.74) is 4.18. The first kappa shape index (κ1) is 15.1. The molecule has 1 heterocycles. The summed E-state index contributed by atoms with van der Waals surface area (Å²) < 4.78 is 11.6. The van der Waals surface area contributed by atoms with E-state index in [9.17, 15) is 5.11 Å². The summed E-state index contributed by atoms with van der Waals surface area (Å²) in [5, 5.41) is 9.78. The van der Waals surface area contributed by atoms with E-state index in [2.05, 4.69) is 18.2 Å². The summed E-state index contributed by atoms with van der Waals surface area (Å²) in [6.45, 7) is 2.75. The maximum absolute atomic E-state index is 9.78. The Morgan fingerprint density at radius 2 is 1.95 bits per heavy atom. The van der Waals surface area contributed by atoms with Crippen molar-refractivity contribution < 1.29 is 14.6 Å². The van der Waals surface area contributed by atoms with Gasteiger partial charge in [-0.3, -0.25) is 0 Å². The average Bonchev–Trinajstić information content (AvgIpc) is 2.57. The number of aliphatic hydroxyl groups is 1. The predicted octanol–water partition coefficient (Wildman–Crippen LogP) is 4.06. The molecule has 3 rings (SSSR count). The second-order valence-corrected chi connectivity index (χ2v) is 5.65. The highest BCUT2D eigenvalue weighted by atomic mass is 16.7. The highest BCUT2D eigenvalue weighted by Gasteiger charge is 2.18. The van der Waals surface area contributed by atoms with Crippen molar-refractivity contribution in [2.24, 2.45) is 0 Å². The fourth-order valence-corrected chi connectivity index (χ4v) is 2.92. The summed E-state index contributed by atoms with van der Waals surface area (Å²) in [4.78, 5) is 0. The third kappa shape index (κ3) is 3.16. The standard InChI is InChI=1S/C19H22O3/c1-14-16(15-7-3-2-4-8-15)10-11-18(17(14)13-20)22-19-9-5-6-12-21-19/h2-4,7-8,10-11,19-20H,5-6,9,12-13H2,1H3. The molecule has 3 heteroatoms. The summed E-state index contributed by atoms with van der Waals surface area (Å²) in [7, 11) is 0. The van der Waals surface area contributed by atoms with Crippen molar-refractivity contribution in [2.45, 2.75) is 39.1 Å². The monoisotopic (exact) mass is 298 g/mol. The molecule has 0 amide bonds. The minimum absolute atomic E-state index is 0.0332. The Kier molecular flexibility index (Phi) is 4.76. The van der Waals surface area contributed by atoms with Gasteiger partial charge in [0.1, 0.15) is 5.75 Å². The SMILES string of the molecule is Cc1c(-c2ccccc2)ccc(OC2CCCCO2)c1CO. The van der Waals surface area contributed by atoms with Gasteiger partial charge in [-0.15, -0.1) is 0 Å². The molecular formula is C19H22O3. The van der Waals surface area contributed by atoms with Crippen LogP contribution in [0.3, 0.4) is 0 Å². The van der Waals surface area contributed by atoms with Gasteiger partial charge in [-0.25, -0.2) is 0 Å². The summed E-state index contributed by atoms with van der Waals surface area (Å²) >= 11 is 0. The molecule has 1 atom stereocenters. The van der Waals surface area contributed by atoms with E-state index >= 15 is 0 Å². The van der Waals surface area contributed by atoms with Crippen LogP contribution < -0.4 is 4.74 Å². The lowest BCUT2D eigenvalue weighted by atomic mass is 9.96. The van der Waals surface area contributed by atoms with E-state index in [4.69, 9.17) is 9.47 Å². The molecule has 22 heavy (non-hydrogen) atoms. The van der Waals surface area contributed by atoms with Crippen LogP contribution in [0.2, 0.25) is 0 Å². The first-order valence-corrected chi connectivity index (χ1v) is 7.86. The van der Waals surface area contributed by atoms with Gasteiger partial charge in [0.05, 0.1) is 13.2 Å². The number of hydrogen-bond donors (Lipinski definition) is 1. The van der Waals surface area contributed by atoms with E-state index in [-0.39, 0.29) is 12.9 Å². The third-order valence-electron chi connectivity index (χ3n) is 4.19. The zero-order valence-corrected chi connectivity index (χ0v) is 12.9. The Hall–Kier alpha value is -1.84. The number of ether oxygens (including phenoxy) is 2. The normalized spacial score (nSPS) is 18.2. The van der Waals surface area contributed by atoms with E-state index in [1.807, 2.05) is 31.2 Å². The molecule has 0 spiro atoms. The predicted molar refractivity (Wildman–Crippen MR) is 86.8 cm³/mol. The Morgan fingerprint density at radius 3 is 2.64 bits per heavy atom. The molecule has 1 aliphatic heterocycles. The molecule has 0 saturated carbocycles. The molecule has 1 aliphatic rings. The molecule has 116 valence electrons. The quantitative estimate of drug-likeness (QED) is 0.925.